The lowest BCUT2D eigenvalue weighted by Gasteiger charge is -2.29. The second kappa shape index (κ2) is 6.60. The van der Waals surface area contributed by atoms with Gasteiger partial charge in [0.25, 0.3) is 5.91 Å². The molecule has 0 aliphatic carbocycles. The van der Waals surface area contributed by atoms with Gasteiger partial charge >= 0.3 is 0 Å². The Morgan fingerprint density at radius 3 is 2.52 bits per heavy atom. The molecular weight excluding hydrogens is 354 g/mol. The van der Waals surface area contributed by atoms with E-state index in [1.807, 2.05) is 30.3 Å². The Morgan fingerprint density at radius 1 is 1.24 bits per heavy atom. The maximum absolute atomic E-state index is 12.4. The van der Waals surface area contributed by atoms with Crippen LogP contribution in [0.5, 0.6) is 0 Å². The van der Waals surface area contributed by atoms with E-state index >= 15 is 0 Å². The molecule has 0 aliphatic rings. The number of carbonyl (C=O) groups excluding carboxylic acids is 1. The van der Waals surface area contributed by atoms with Crippen molar-refractivity contribution >= 4 is 33.4 Å². The van der Waals surface area contributed by atoms with Crippen molar-refractivity contribution in [3.05, 3.63) is 69.2 Å². The molecule has 5 heteroatoms. The van der Waals surface area contributed by atoms with Crippen LogP contribution in [-0.2, 0) is 5.54 Å². The van der Waals surface area contributed by atoms with E-state index in [9.17, 15) is 9.90 Å². The van der Waals surface area contributed by atoms with Crippen LogP contribution in [0.4, 0.5) is 0 Å². The van der Waals surface area contributed by atoms with Gasteiger partial charge in [0.15, 0.2) is 0 Å². The molecule has 0 aliphatic heterocycles. The standard InChI is InChI=1S/C16H15BrClNO2/c1-16(10-20,11-6-3-2-4-7-11)19-15(21)12-8-5-9-13(17)14(12)18/h2-9,20H,10H2,1H3,(H,19,21). The van der Waals surface area contributed by atoms with Crippen LogP contribution in [-0.4, -0.2) is 17.6 Å². The summed E-state index contributed by atoms with van der Waals surface area (Å²) in [6.07, 6.45) is 0. The minimum atomic E-state index is -0.871. The van der Waals surface area contributed by atoms with Crippen LogP contribution in [0.15, 0.2) is 53.0 Å². The second-order valence-electron chi connectivity index (χ2n) is 4.91. The zero-order valence-electron chi connectivity index (χ0n) is 11.4. The van der Waals surface area contributed by atoms with Crippen LogP contribution in [0.25, 0.3) is 0 Å². The summed E-state index contributed by atoms with van der Waals surface area (Å²) in [5, 5.41) is 12.9. The molecule has 1 unspecified atom stereocenters. The van der Waals surface area contributed by atoms with Gasteiger partial charge in [-0.05, 0) is 40.5 Å². The number of halogens is 2. The fourth-order valence-electron chi connectivity index (χ4n) is 2.01. The minimum absolute atomic E-state index is 0.214. The lowest BCUT2D eigenvalue weighted by Crippen LogP contribution is -2.46. The molecule has 0 spiro atoms. The van der Waals surface area contributed by atoms with Gasteiger partial charge in [-0.1, -0.05) is 48.0 Å². The molecule has 2 N–H and O–H groups in total. The molecular formula is C16H15BrClNO2. The van der Waals surface area contributed by atoms with Crippen molar-refractivity contribution in [2.75, 3.05) is 6.61 Å². The Morgan fingerprint density at radius 2 is 1.90 bits per heavy atom. The van der Waals surface area contributed by atoms with Gasteiger partial charge in [0.1, 0.15) is 0 Å². The Balaban J connectivity index is 2.30. The van der Waals surface area contributed by atoms with Gasteiger partial charge in [-0.2, -0.15) is 0 Å². The van der Waals surface area contributed by atoms with E-state index in [0.29, 0.717) is 15.1 Å². The van der Waals surface area contributed by atoms with E-state index in [4.69, 9.17) is 11.6 Å². The van der Waals surface area contributed by atoms with E-state index in [1.54, 1.807) is 25.1 Å². The number of aliphatic hydroxyl groups excluding tert-OH is 1. The molecule has 2 aromatic rings. The zero-order valence-corrected chi connectivity index (χ0v) is 13.8. The summed E-state index contributed by atoms with van der Waals surface area (Å²) in [6.45, 7) is 1.56. The van der Waals surface area contributed by atoms with Crippen LogP contribution >= 0.6 is 27.5 Å². The molecule has 0 radical (unpaired) electrons. The lowest BCUT2D eigenvalue weighted by molar-refractivity contribution is 0.0849. The molecule has 2 aromatic carbocycles. The lowest BCUT2D eigenvalue weighted by atomic mass is 9.92. The predicted molar refractivity (Wildman–Crippen MR) is 87.5 cm³/mol. The number of hydrogen-bond donors (Lipinski definition) is 2. The summed E-state index contributed by atoms with van der Waals surface area (Å²) < 4.78 is 0.655. The number of nitrogens with one attached hydrogen (secondary N) is 1. The molecule has 1 atom stereocenters. The summed E-state index contributed by atoms with van der Waals surface area (Å²) in [5.41, 5.74) is 0.317. The van der Waals surface area contributed by atoms with Crippen LogP contribution in [0.3, 0.4) is 0 Å². The smallest absolute Gasteiger partial charge is 0.253 e. The first kappa shape index (κ1) is 16.0. The predicted octanol–water partition coefficient (Wildman–Crippen LogP) is 3.74. The van der Waals surface area contributed by atoms with E-state index < -0.39 is 5.54 Å². The molecule has 2 rings (SSSR count). The Kier molecular flexibility index (Phi) is 5.04. The molecule has 110 valence electrons. The molecule has 0 saturated carbocycles. The van der Waals surface area contributed by atoms with E-state index in [1.165, 1.54) is 0 Å². The van der Waals surface area contributed by atoms with Crippen molar-refractivity contribution in [3.8, 4) is 0 Å². The van der Waals surface area contributed by atoms with E-state index in [2.05, 4.69) is 21.2 Å². The second-order valence-corrected chi connectivity index (χ2v) is 6.14. The van der Waals surface area contributed by atoms with Gasteiger partial charge in [0.05, 0.1) is 22.7 Å². The molecule has 0 aromatic heterocycles. The van der Waals surface area contributed by atoms with Crippen LogP contribution in [0.2, 0.25) is 5.02 Å². The van der Waals surface area contributed by atoms with Gasteiger partial charge in [-0.25, -0.2) is 0 Å². The third-order valence-electron chi connectivity index (χ3n) is 3.31. The van der Waals surface area contributed by atoms with Crippen molar-refractivity contribution in [2.45, 2.75) is 12.5 Å². The van der Waals surface area contributed by atoms with E-state index in [-0.39, 0.29) is 12.5 Å². The van der Waals surface area contributed by atoms with Crippen molar-refractivity contribution in [1.29, 1.82) is 0 Å². The van der Waals surface area contributed by atoms with E-state index in [0.717, 1.165) is 5.56 Å². The monoisotopic (exact) mass is 367 g/mol. The van der Waals surface area contributed by atoms with Crippen LogP contribution in [0.1, 0.15) is 22.8 Å². The Bertz CT molecular complexity index is 648. The van der Waals surface area contributed by atoms with Crippen molar-refractivity contribution < 1.29 is 9.90 Å². The highest BCUT2D eigenvalue weighted by Crippen LogP contribution is 2.27. The average Bonchev–Trinajstić information content (AvgIpc) is 2.50. The Hall–Kier alpha value is -1.36. The summed E-state index contributed by atoms with van der Waals surface area (Å²) in [6, 6.07) is 14.5. The minimum Gasteiger partial charge on any atom is -0.394 e. The summed E-state index contributed by atoms with van der Waals surface area (Å²) in [7, 11) is 0. The largest absolute Gasteiger partial charge is 0.394 e. The fourth-order valence-corrected chi connectivity index (χ4v) is 2.58. The van der Waals surface area contributed by atoms with Crippen molar-refractivity contribution in [3.63, 3.8) is 0 Å². The highest BCUT2D eigenvalue weighted by atomic mass is 79.9. The molecule has 0 heterocycles. The normalized spacial score (nSPS) is 13.5. The number of hydrogen-bond acceptors (Lipinski definition) is 2. The molecule has 0 saturated heterocycles. The van der Waals surface area contributed by atoms with Gasteiger partial charge in [-0.15, -0.1) is 0 Å². The summed E-state index contributed by atoms with van der Waals surface area (Å²) in [4.78, 5) is 12.4. The summed E-state index contributed by atoms with van der Waals surface area (Å²) >= 11 is 9.43. The maximum atomic E-state index is 12.4. The SMILES string of the molecule is CC(CO)(NC(=O)c1cccc(Br)c1Cl)c1ccccc1. The number of carbonyl (C=O) groups is 1. The number of aliphatic hydroxyl groups is 1. The van der Waals surface area contributed by atoms with Crippen LogP contribution in [0, 0.1) is 0 Å². The van der Waals surface area contributed by atoms with Crippen LogP contribution < -0.4 is 5.32 Å². The fraction of sp³-hybridized carbons (Fsp3) is 0.188. The molecule has 3 nitrogen and oxygen atoms in total. The van der Waals surface area contributed by atoms with Gasteiger partial charge < -0.3 is 10.4 Å². The topological polar surface area (TPSA) is 49.3 Å². The number of benzene rings is 2. The maximum Gasteiger partial charge on any atom is 0.253 e. The first-order valence-corrected chi connectivity index (χ1v) is 7.58. The zero-order chi connectivity index (χ0) is 15.5. The van der Waals surface area contributed by atoms with Gasteiger partial charge in [0, 0.05) is 4.47 Å². The van der Waals surface area contributed by atoms with Crippen molar-refractivity contribution in [2.24, 2.45) is 0 Å². The molecule has 1 amide bonds. The Labute approximate surface area is 137 Å². The van der Waals surface area contributed by atoms with Gasteiger partial charge in [-0.3, -0.25) is 4.79 Å². The number of amides is 1. The van der Waals surface area contributed by atoms with Gasteiger partial charge in [0.2, 0.25) is 0 Å². The molecule has 0 fully saturated rings. The first-order valence-electron chi connectivity index (χ1n) is 6.41. The quantitative estimate of drug-likeness (QED) is 0.863. The number of rotatable bonds is 4. The molecule has 21 heavy (non-hydrogen) atoms. The van der Waals surface area contributed by atoms with Crippen molar-refractivity contribution in [1.82, 2.24) is 5.32 Å². The summed E-state index contributed by atoms with van der Waals surface area (Å²) in [5.74, 6) is -0.332. The average molecular weight is 369 g/mol. The molecule has 0 bridgehead atoms. The third-order valence-corrected chi connectivity index (χ3v) is 4.61. The highest BCUT2D eigenvalue weighted by Gasteiger charge is 2.28. The first-order chi connectivity index (χ1) is 9.98. The third kappa shape index (κ3) is 3.46. The highest BCUT2D eigenvalue weighted by molar-refractivity contribution is 9.10.